The minimum atomic E-state index is -0.714. The van der Waals surface area contributed by atoms with E-state index in [-0.39, 0.29) is 17.9 Å². The van der Waals surface area contributed by atoms with Crippen LogP contribution in [0, 0.1) is 11.3 Å². The van der Waals surface area contributed by atoms with E-state index >= 15 is 0 Å². The lowest BCUT2D eigenvalue weighted by atomic mass is 9.82. The maximum absolute atomic E-state index is 12.5. The summed E-state index contributed by atoms with van der Waals surface area (Å²) in [4.78, 5) is 23.5. The minimum absolute atomic E-state index is 0.0510. The fourth-order valence-electron chi connectivity index (χ4n) is 3.05. The van der Waals surface area contributed by atoms with E-state index in [1.165, 1.54) is 0 Å². The lowest BCUT2D eigenvalue weighted by Gasteiger charge is -2.31. The van der Waals surface area contributed by atoms with Gasteiger partial charge in [0.05, 0.1) is 5.92 Å². The van der Waals surface area contributed by atoms with E-state index in [4.69, 9.17) is 5.11 Å². The zero-order chi connectivity index (χ0) is 16.2. The Labute approximate surface area is 131 Å². The molecule has 1 aromatic rings. The summed E-state index contributed by atoms with van der Waals surface area (Å²) in [6, 6.07) is 10.1. The molecule has 0 saturated heterocycles. The number of hydrogen-bond acceptors (Lipinski definition) is 2. The molecule has 0 heterocycles. The highest BCUT2D eigenvalue weighted by Gasteiger charge is 2.32. The van der Waals surface area contributed by atoms with Gasteiger partial charge in [-0.3, -0.25) is 9.59 Å². The molecule has 4 nitrogen and oxygen atoms in total. The lowest BCUT2D eigenvalue weighted by molar-refractivity contribution is -0.142. The Morgan fingerprint density at radius 1 is 1.14 bits per heavy atom. The van der Waals surface area contributed by atoms with E-state index in [1.54, 1.807) is 0 Å². The maximum atomic E-state index is 12.5. The highest BCUT2D eigenvalue weighted by molar-refractivity contribution is 5.82. The first-order chi connectivity index (χ1) is 10.4. The largest absolute Gasteiger partial charge is 0.481 e. The van der Waals surface area contributed by atoms with Crippen LogP contribution < -0.4 is 5.32 Å². The Bertz CT molecular complexity index is 516. The Morgan fingerprint density at radius 2 is 1.73 bits per heavy atom. The van der Waals surface area contributed by atoms with E-state index < -0.39 is 11.4 Å². The molecule has 0 atom stereocenters. The van der Waals surface area contributed by atoms with Gasteiger partial charge in [0.25, 0.3) is 0 Å². The summed E-state index contributed by atoms with van der Waals surface area (Å²) in [5.41, 5.74) is 0.683. The van der Waals surface area contributed by atoms with Crippen LogP contribution in [-0.4, -0.2) is 23.0 Å². The predicted octanol–water partition coefficient (Wildman–Crippen LogP) is 3.01. The molecular weight excluding hydrogens is 278 g/mol. The van der Waals surface area contributed by atoms with Crippen molar-refractivity contribution in [3.63, 3.8) is 0 Å². The van der Waals surface area contributed by atoms with Crippen LogP contribution in [-0.2, 0) is 16.0 Å². The van der Waals surface area contributed by atoms with E-state index in [9.17, 15) is 9.59 Å². The van der Waals surface area contributed by atoms with Crippen LogP contribution in [0.2, 0.25) is 0 Å². The number of aliphatic carboxylic acids is 1. The first-order valence-electron chi connectivity index (χ1n) is 7.96. The molecule has 22 heavy (non-hydrogen) atoms. The topological polar surface area (TPSA) is 66.4 Å². The fraction of sp³-hybridized carbons (Fsp3) is 0.556. The van der Waals surface area contributed by atoms with Crippen molar-refractivity contribution in [2.45, 2.75) is 52.0 Å². The number of carbonyl (C=O) groups excluding carboxylic acids is 1. The zero-order valence-corrected chi connectivity index (χ0v) is 13.3. The standard InChI is InChI=1S/C18H25NO3/c1-18(2,12-13-6-4-3-5-7-13)17(22)19-15-10-8-14(9-11-15)16(20)21/h3-7,14-15H,8-12H2,1-2H3,(H,19,22)(H,20,21). The van der Waals surface area contributed by atoms with Gasteiger partial charge >= 0.3 is 5.97 Å². The van der Waals surface area contributed by atoms with Gasteiger partial charge in [0.1, 0.15) is 0 Å². The summed E-state index contributed by atoms with van der Waals surface area (Å²) in [7, 11) is 0. The van der Waals surface area contributed by atoms with Crippen molar-refractivity contribution in [1.82, 2.24) is 5.32 Å². The van der Waals surface area contributed by atoms with Crippen LogP contribution >= 0.6 is 0 Å². The van der Waals surface area contributed by atoms with Crippen LogP contribution in [0.3, 0.4) is 0 Å². The summed E-state index contributed by atoms with van der Waals surface area (Å²) in [5, 5.41) is 12.1. The molecule has 1 amide bonds. The second-order valence-corrected chi connectivity index (χ2v) is 6.91. The quantitative estimate of drug-likeness (QED) is 0.878. The first kappa shape index (κ1) is 16.5. The molecule has 120 valence electrons. The molecule has 2 rings (SSSR count). The van der Waals surface area contributed by atoms with Crippen LogP contribution in [0.4, 0.5) is 0 Å². The van der Waals surface area contributed by atoms with Crippen molar-refractivity contribution in [1.29, 1.82) is 0 Å². The predicted molar refractivity (Wildman–Crippen MR) is 85.5 cm³/mol. The summed E-state index contributed by atoms with van der Waals surface area (Å²) < 4.78 is 0. The van der Waals surface area contributed by atoms with Crippen LogP contribution in [0.15, 0.2) is 30.3 Å². The van der Waals surface area contributed by atoms with Gasteiger partial charge in [0.15, 0.2) is 0 Å². The van der Waals surface area contributed by atoms with E-state index in [0.29, 0.717) is 19.3 Å². The van der Waals surface area contributed by atoms with Crippen LogP contribution in [0.25, 0.3) is 0 Å². The number of benzene rings is 1. The molecule has 4 heteroatoms. The van der Waals surface area contributed by atoms with Crippen molar-refractivity contribution < 1.29 is 14.7 Å². The van der Waals surface area contributed by atoms with Gasteiger partial charge in [-0.05, 0) is 37.7 Å². The first-order valence-corrected chi connectivity index (χ1v) is 7.96. The molecule has 0 spiro atoms. The molecule has 1 saturated carbocycles. The summed E-state index contributed by atoms with van der Waals surface area (Å²) >= 11 is 0. The molecule has 1 fully saturated rings. The number of carboxylic acids is 1. The van der Waals surface area contributed by atoms with Crippen molar-refractivity contribution in [3.05, 3.63) is 35.9 Å². The van der Waals surface area contributed by atoms with Crippen molar-refractivity contribution in [2.75, 3.05) is 0 Å². The second-order valence-electron chi connectivity index (χ2n) is 6.91. The monoisotopic (exact) mass is 303 g/mol. The smallest absolute Gasteiger partial charge is 0.306 e. The fourth-order valence-corrected chi connectivity index (χ4v) is 3.05. The molecule has 0 aliphatic heterocycles. The summed E-state index contributed by atoms with van der Waals surface area (Å²) in [5.74, 6) is -0.908. The van der Waals surface area contributed by atoms with E-state index in [1.807, 2.05) is 44.2 Å². The summed E-state index contributed by atoms with van der Waals surface area (Å²) in [6.07, 6.45) is 3.51. The molecule has 0 radical (unpaired) electrons. The van der Waals surface area contributed by atoms with E-state index in [0.717, 1.165) is 18.4 Å². The van der Waals surface area contributed by atoms with Gasteiger partial charge in [-0.2, -0.15) is 0 Å². The van der Waals surface area contributed by atoms with Crippen molar-refractivity contribution >= 4 is 11.9 Å². The Kier molecular flexibility index (Phi) is 5.22. The van der Waals surface area contributed by atoms with Gasteiger partial charge in [-0.1, -0.05) is 44.2 Å². The summed E-state index contributed by atoms with van der Waals surface area (Å²) in [6.45, 7) is 3.91. The Hall–Kier alpha value is -1.84. The van der Waals surface area contributed by atoms with Crippen molar-refractivity contribution in [2.24, 2.45) is 11.3 Å². The third-order valence-corrected chi connectivity index (χ3v) is 4.52. The molecule has 0 bridgehead atoms. The van der Waals surface area contributed by atoms with Gasteiger partial charge < -0.3 is 10.4 Å². The SMILES string of the molecule is CC(C)(Cc1ccccc1)C(=O)NC1CCC(C(=O)O)CC1. The molecule has 1 aliphatic rings. The van der Waals surface area contributed by atoms with E-state index in [2.05, 4.69) is 5.32 Å². The van der Waals surface area contributed by atoms with Crippen molar-refractivity contribution in [3.8, 4) is 0 Å². The number of carbonyl (C=O) groups is 2. The highest BCUT2D eigenvalue weighted by atomic mass is 16.4. The molecule has 1 aliphatic carbocycles. The average molecular weight is 303 g/mol. The lowest BCUT2D eigenvalue weighted by Crippen LogP contribution is -2.45. The minimum Gasteiger partial charge on any atom is -0.481 e. The number of amides is 1. The van der Waals surface area contributed by atoms with Gasteiger partial charge in [-0.15, -0.1) is 0 Å². The van der Waals surface area contributed by atoms with Gasteiger partial charge in [0, 0.05) is 11.5 Å². The molecular formula is C18H25NO3. The Balaban J connectivity index is 1.87. The number of hydrogen-bond donors (Lipinski definition) is 2. The molecule has 2 N–H and O–H groups in total. The van der Waals surface area contributed by atoms with Gasteiger partial charge in [0.2, 0.25) is 5.91 Å². The van der Waals surface area contributed by atoms with Crippen LogP contribution in [0.5, 0.6) is 0 Å². The second kappa shape index (κ2) is 6.95. The highest BCUT2D eigenvalue weighted by Crippen LogP contribution is 2.27. The van der Waals surface area contributed by atoms with Gasteiger partial charge in [-0.25, -0.2) is 0 Å². The third kappa shape index (κ3) is 4.33. The maximum Gasteiger partial charge on any atom is 0.306 e. The Morgan fingerprint density at radius 3 is 2.27 bits per heavy atom. The third-order valence-electron chi connectivity index (χ3n) is 4.52. The molecule has 1 aromatic carbocycles. The average Bonchev–Trinajstić information content (AvgIpc) is 2.48. The molecule has 0 unspecified atom stereocenters. The zero-order valence-electron chi connectivity index (χ0n) is 13.3. The normalized spacial score (nSPS) is 22.1. The number of carboxylic acid groups (broad SMARTS) is 1. The molecule has 0 aromatic heterocycles. The van der Waals surface area contributed by atoms with Crippen LogP contribution in [0.1, 0.15) is 45.1 Å². The number of rotatable bonds is 5. The number of nitrogens with one attached hydrogen (secondary N) is 1.